The molecule has 0 unspecified atom stereocenters. The minimum absolute atomic E-state index is 0.311. The average Bonchev–Trinajstić information content (AvgIpc) is 3.21. The van der Waals surface area contributed by atoms with Crippen molar-refractivity contribution in [1.82, 2.24) is 10.2 Å². The molecule has 1 spiro atoms. The number of amides is 3. The van der Waals surface area contributed by atoms with Crippen molar-refractivity contribution in [2.75, 3.05) is 19.8 Å². The van der Waals surface area contributed by atoms with Crippen LogP contribution in [0.2, 0.25) is 0 Å². The largest absolute Gasteiger partial charge is 0.486 e. The van der Waals surface area contributed by atoms with Crippen LogP contribution in [0.15, 0.2) is 42.5 Å². The zero-order valence-corrected chi connectivity index (χ0v) is 15.1. The summed E-state index contributed by atoms with van der Waals surface area (Å²) in [7, 11) is 0. The normalized spacial score (nSPS) is 22.4. The molecule has 2 aromatic rings. The lowest BCUT2D eigenvalue weighted by Gasteiger charge is -2.22. The van der Waals surface area contributed by atoms with E-state index in [2.05, 4.69) is 5.32 Å². The smallest absolute Gasteiger partial charge is 0.325 e. The number of carbonyl (C=O) groups is 3. The SMILES string of the molecule is O=C(CN1C(=O)N[C@]2(CCc3ccccc32)C1=O)c1ccc2c(c1)OCCO2. The van der Waals surface area contributed by atoms with Crippen molar-refractivity contribution in [3.63, 3.8) is 0 Å². The number of carbonyl (C=O) groups excluding carboxylic acids is 3. The van der Waals surface area contributed by atoms with Crippen molar-refractivity contribution < 1.29 is 23.9 Å². The first-order chi connectivity index (χ1) is 13.6. The van der Waals surface area contributed by atoms with Crippen LogP contribution >= 0.6 is 0 Å². The molecule has 28 heavy (non-hydrogen) atoms. The Morgan fingerprint density at radius 2 is 1.86 bits per heavy atom. The highest BCUT2D eigenvalue weighted by Crippen LogP contribution is 2.41. The van der Waals surface area contributed by atoms with E-state index >= 15 is 0 Å². The van der Waals surface area contributed by atoms with Gasteiger partial charge in [0.1, 0.15) is 18.8 Å². The van der Waals surface area contributed by atoms with Gasteiger partial charge in [-0.15, -0.1) is 0 Å². The van der Waals surface area contributed by atoms with E-state index in [4.69, 9.17) is 9.47 Å². The van der Waals surface area contributed by atoms with Crippen molar-refractivity contribution >= 4 is 17.7 Å². The molecule has 5 rings (SSSR count). The molecule has 1 saturated heterocycles. The van der Waals surface area contributed by atoms with Crippen molar-refractivity contribution in [3.8, 4) is 11.5 Å². The Balaban J connectivity index is 1.40. The number of aryl methyl sites for hydroxylation is 1. The van der Waals surface area contributed by atoms with Gasteiger partial charge < -0.3 is 14.8 Å². The zero-order chi connectivity index (χ0) is 19.3. The summed E-state index contributed by atoms with van der Waals surface area (Å²) in [5.74, 6) is 0.381. The molecule has 1 atom stereocenters. The van der Waals surface area contributed by atoms with Crippen LogP contribution in [-0.2, 0) is 16.8 Å². The number of rotatable bonds is 3. The second-order valence-electron chi connectivity index (χ2n) is 7.17. The summed E-state index contributed by atoms with van der Waals surface area (Å²) in [6, 6.07) is 12.0. The summed E-state index contributed by atoms with van der Waals surface area (Å²) < 4.78 is 11.0. The van der Waals surface area contributed by atoms with Gasteiger partial charge in [-0.05, 0) is 42.2 Å². The molecular formula is C21H18N2O5. The lowest BCUT2D eigenvalue weighted by Crippen LogP contribution is -2.42. The molecule has 0 bridgehead atoms. The van der Waals surface area contributed by atoms with Gasteiger partial charge in [-0.1, -0.05) is 24.3 Å². The predicted octanol–water partition coefficient (Wildman–Crippen LogP) is 2.03. The summed E-state index contributed by atoms with van der Waals surface area (Å²) in [5.41, 5.74) is 1.19. The molecule has 2 aliphatic heterocycles. The second kappa shape index (κ2) is 6.09. The van der Waals surface area contributed by atoms with E-state index in [1.165, 1.54) is 0 Å². The summed E-state index contributed by atoms with van der Waals surface area (Å²) in [5, 5.41) is 2.83. The fraction of sp³-hybridized carbons (Fsp3) is 0.286. The highest BCUT2D eigenvalue weighted by molar-refractivity contribution is 6.12. The van der Waals surface area contributed by atoms with E-state index in [1.807, 2.05) is 24.3 Å². The first-order valence-corrected chi connectivity index (χ1v) is 9.24. The summed E-state index contributed by atoms with van der Waals surface area (Å²) >= 11 is 0. The zero-order valence-electron chi connectivity index (χ0n) is 15.1. The van der Waals surface area contributed by atoms with Gasteiger partial charge in [-0.3, -0.25) is 14.5 Å². The van der Waals surface area contributed by atoms with E-state index in [9.17, 15) is 14.4 Å². The number of imide groups is 1. The Hall–Kier alpha value is -3.35. The van der Waals surface area contributed by atoms with E-state index in [1.54, 1.807) is 18.2 Å². The molecule has 0 saturated carbocycles. The fourth-order valence-corrected chi connectivity index (χ4v) is 4.18. The topological polar surface area (TPSA) is 84.9 Å². The number of ether oxygens (including phenoxy) is 2. The summed E-state index contributed by atoms with van der Waals surface area (Å²) in [4.78, 5) is 39.5. The number of nitrogens with one attached hydrogen (secondary N) is 1. The van der Waals surface area contributed by atoms with Crippen LogP contribution in [0, 0.1) is 0 Å². The molecule has 142 valence electrons. The van der Waals surface area contributed by atoms with Crippen molar-refractivity contribution in [2.45, 2.75) is 18.4 Å². The molecule has 3 aliphatic rings. The van der Waals surface area contributed by atoms with E-state index in [-0.39, 0.29) is 18.2 Å². The Bertz CT molecular complexity index is 1020. The maximum Gasteiger partial charge on any atom is 0.325 e. The fourth-order valence-electron chi connectivity index (χ4n) is 4.18. The van der Waals surface area contributed by atoms with E-state index in [0.29, 0.717) is 43.1 Å². The van der Waals surface area contributed by atoms with E-state index < -0.39 is 11.6 Å². The Kier molecular flexibility index (Phi) is 3.65. The number of benzene rings is 2. The third-order valence-corrected chi connectivity index (χ3v) is 5.59. The third-order valence-electron chi connectivity index (χ3n) is 5.59. The maximum absolute atomic E-state index is 13.1. The molecule has 0 radical (unpaired) electrons. The van der Waals surface area contributed by atoms with Crippen LogP contribution in [0.1, 0.15) is 27.9 Å². The monoisotopic (exact) mass is 378 g/mol. The van der Waals surface area contributed by atoms with Crippen LogP contribution in [0.5, 0.6) is 11.5 Å². The number of Topliss-reactive ketones (excluding diaryl/α,β-unsaturated/α-hetero) is 1. The van der Waals surface area contributed by atoms with Gasteiger partial charge in [0.2, 0.25) is 0 Å². The summed E-state index contributed by atoms with van der Waals surface area (Å²) in [6.45, 7) is 0.570. The Morgan fingerprint density at radius 3 is 2.71 bits per heavy atom. The number of hydrogen-bond donors (Lipinski definition) is 1. The van der Waals surface area contributed by atoms with Crippen molar-refractivity contribution in [1.29, 1.82) is 0 Å². The second-order valence-corrected chi connectivity index (χ2v) is 7.17. The molecule has 2 heterocycles. The van der Waals surface area contributed by atoms with Gasteiger partial charge in [0.15, 0.2) is 17.3 Å². The molecular weight excluding hydrogens is 360 g/mol. The van der Waals surface area contributed by atoms with Crippen molar-refractivity contribution in [3.05, 3.63) is 59.2 Å². The molecule has 3 amide bonds. The van der Waals surface area contributed by atoms with E-state index in [0.717, 1.165) is 16.0 Å². The highest BCUT2D eigenvalue weighted by atomic mass is 16.6. The van der Waals surface area contributed by atoms with Crippen LogP contribution in [0.4, 0.5) is 4.79 Å². The number of hydrogen-bond acceptors (Lipinski definition) is 5. The van der Waals surface area contributed by atoms with Crippen LogP contribution in [-0.4, -0.2) is 42.4 Å². The molecule has 2 aromatic carbocycles. The molecule has 1 aliphatic carbocycles. The van der Waals surface area contributed by atoms with Gasteiger partial charge in [0.25, 0.3) is 5.91 Å². The van der Waals surface area contributed by atoms with Crippen LogP contribution < -0.4 is 14.8 Å². The number of fused-ring (bicyclic) bond motifs is 3. The maximum atomic E-state index is 13.1. The molecule has 1 fully saturated rings. The van der Waals surface area contributed by atoms with Gasteiger partial charge in [-0.2, -0.15) is 0 Å². The standard InChI is InChI=1S/C21H18N2O5/c24-16(14-5-6-17-18(11-14)28-10-9-27-17)12-23-19(25)21(22-20(23)26)8-7-13-3-1-2-4-15(13)21/h1-6,11H,7-10,12H2,(H,22,26)/t21-/m0/s1. The lowest BCUT2D eigenvalue weighted by atomic mass is 9.92. The number of ketones is 1. The van der Waals surface area contributed by atoms with Crippen LogP contribution in [0.25, 0.3) is 0 Å². The lowest BCUT2D eigenvalue weighted by molar-refractivity contribution is -0.131. The summed E-state index contributed by atoms with van der Waals surface area (Å²) in [6.07, 6.45) is 1.22. The molecule has 7 heteroatoms. The minimum atomic E-state index is -1.05. The first-order valence-electron chi connectivity index (χ1n) is 9.24. The molecule has 7 nitrogen and oxygen atoms in total. The van der Waals surface area contributed by atoms with Crippen LogP contribution in [0.3, 0.4) is 0 Å². The van der Waals surface area contributed by atoms with Gasteiger partial charge in [0, 0.05) is 5.56 Å². The highest BCUT2D eigenvalue weighted by Gasteiger charge is 2.55. The quantitative estimate of drug-likeness (QED) is 0.653. The Labute approximate surface area is 161 Å². The number of nitrogens with zero attached hydrogens (tertiary/aromatic N) is 1. The first kappa shape index (κ1) is 16.8. The van der Waals surface area contributed by atoms with Crippen molar-refractivity contribution in [2.24, 2.45) is 0 Å². The average molecular weight is 378 g/mol. The van der Waals surface area contributed by atoms with Gasteiger partial charge in [0.05, 0.1) is 6.54 Å². The van der Waals surface area contributed by atoms with Gasteiger partial charge >= 0.3 is 6.03 Å². The number of urea groups is 1. The molecule has 1 N–H and O–H groups in total. The molecule has 0 aromatic heterocycles. The Morgan fingerprint density at radius 1 is 1.07 bits per heavy atom. The minimum Gasteiger partial charge on any atom is -0.486 e. The van der Waals surface area contributed by atoms with Gasteiger partial charge in [-0.25, -0.2) is 4.79 Å². The predicted molar refractivity (Wildman–Crippen MR) is 98.4 cm³/mol. The third kappa shape index (κ3) is 2.39.